The van der Waals surface area contributed by atoms with E-state index >= 15 is 0 Å². The van der Waals surface area contributed by atoms with Gasteiger partial charge in [-0.3, -0.25) is 38.5 Å². The normalized spacial score (nSPS) is 19.3. The lowest BCUT2D eigenvalue weighted by molar-refractivity contribution is -0.200. The molecule has 0 aromatic carbocycles. The fourth-order valence-corrected chi connectivity index (χ4v) is 5.04. The topological polar surface area (TPSA) is 197 Å². The molecule has 2 N–H and O–H groups in total. The summed E-state index contributed by atoms with van der Waals surface area (Å²) >= 11 is 0. The molecule has 3 rings (SSSR count). The van der Waals surface area contributed by atoms with Gasteiger partial charge in [-0.2, -0.15) is 0 Å². The first-order chi connectivity index (χ1) is 22.5. The minimum absolute atomic E-state index is 0.00970. The molecule has 15 nitrogen and oxygen atoms in total. The number of unbranched alkanes of at least 4 members (excludes halogenated alkanes) is 6. The molecule has 0 fully saturated rings. The number of carbonyl (C=O) groups is 7. The summed E-state index contributed by atoms with van der Waals surface area (Å²) < 4.78 is 15.8. The number of rotatable bonds is 22. The molecular weight excluding hydrogens is 618 g/mol. The van der Waals surface area contributed by atoms with Gasteiger partial charge in [0, 0.05) is 63.2 Å². The summed E-state index contributed by atoms with van der Waals surface area (Å²) in [4.78, 5) is 87.6. The van der Waals surface area contributed by atoms with Crippen LogP contribution in [0.3, 0.4) is 0 Å². The number of amides is 4. The molecule has 15 heteroatoms. The molecule has 258 valence electrons. The van der Waals surface area contributed by atoms with Crippen molar-refractivity contribution in [2.45, 2.75) is 95.8 Å². The van der Waals surface area contributed by atoms with Crippen LogP contribution in [0.2, 0.25) is 0 Å². The van der Waals surface area contributed by atoms with Crippen molar-refractivity contribution in [1.29, 1.82) is 0 Å². The second-order valence-electron chi connectivity index (χ2n) is 11.3. The van der Waals surface area contributed by atoms with E-state index in [4.69, 9.17) is 14.2 Å². The summed E-state index contributed by atoms with van der Waals surface area (Å²) in [5.41, 5.74) is 0. The second-order valence-corrected chi connectivity index (χ2v) is 11.3. The van der Waals surface area contributed by atoms with Crippen molar-refractivity contribution in [3.63, 3.8) is 0 Å². The van der Waals surface area contributed by atoms with Crippen molar-refractivity contribution >= 4 is 41.5 Å². The van der Waals surface area contributed by atoms with Gasteiger partial charge in [0.25, 0.3) is 18.1 Å². The van der Waals surface area contributed by atoms with Crippen LogP contribution in [-0.2, 0) is 47.8 Å². The van der Waals surface area contributed by atoms with Crippen LogP contribution in [0.4, 0.5) is 0 Å². The van der Waals surface area contributed by atoms with Gasteiger partial charge in [-0.15, -0.1) is 0 Å². The molecule has 3 aliphatic heterocycles. The fourth-order valence-electron chi connectivity index (χ4n) is 5.04. The minimum Gasteiger partial charge on any atom is -0.458 e. The third-order valence-corrected chi connectivity index (χ3v) is 7.66. The highest BCUT2D eigenvalue weighted by molar-refractivity contribution is 6.12. The largest absolute Gasteiger partial charge is 0.458 e. The quantitative estimate of drug-likeness (QED) is 0.0723. The zero-order valence-corrected chi connectivity index (χ0v) is 26.3. The van der Waals surface area contributed by atoms with Crippen molar-refractivity contribution in [1.82, 2.24) is 14.7 Å². The van der Waals surface area contributed by atoms with Crippen LogP contribution in [0.25, 0.3) is 0 Å². The summed E-state index contributed by atoms with van der Waals surface area (Å²) in [6.07, 6.45) is 9.05. The Morgan fingerprint density at radius 2 is 1.00 bits per heavy atom. The summed E-state index contributed by atoms with van der Waals surface area (Å²) in [5.74, 6) is -3.21. The SMILES string of the molecule is O=C(CCCCCN1C(=O)C=CC1=O)OCC(OC(=O)CCCCCN1C(=O)C=CC1O)OC(=O)CCCCCN1C(=O)C=CC1O. The monoisotopic (exact) mass is 661 g/mol. The third-order valence-electron chi connectivity index (χ3n) is 7.66. The number of nitrogens with zero attached hydrogens (tertiary/aromatic N) is 3. The predicted octanol–water partition coefficient (Wildman–Crippen LogP) is 0.982. The highest BCUT2D eigenvalue weighted by Crippen LogP contribution is 2.14. The van der Waals surface area contributed by atoms with E-state index in [2.05, 4.69) is 0 Å². The van der Waals surface area contributed by atoms with E-state index in [1.54, 1.807) is 0 Å². The molecule has 0 aromatic heterocycles. The second kappa shape index (κ2) is 19.3. The van der Waals surface area contributed by atoms with E-state index in [-0.39, 0.29) is 49.4 Å². The Hall–Kier alpha value is -4.37. The molecule has 3 aliphatic rings. The van der Waals surface area contributed by atoms with Gasteiger partial charge in [0.2, 0.25) is 11.8 Å². The molecule has 2 atom stereocenters. The minimum atomic E-state index is -1.45. The van der Waals surface area contributed by atoms with Gasteiger partial charge in [0.1, 0.15) is 12.5 Å². The van der Waals surface area contributed by atoms with E-state index in [1.807, 2.05) is 0 Å². The van der Waals surface area contributed by atoms with Crippen LogP contribution in [-0.4, -0.2) is 111 Å². The van der Waals surface area contributed by atoms with Crippen LogP contribution in [0.5, 0.6) is 0 Å². The Morgan fingerprint density at radius 1 is 0.574 bits per heavy atom. The van der Waals surface area contributed by atoms with Gasteiger partial charge in [-0.05, 0) is 50.7 Å². The smallest absolute Gasteiger partial charge is 0.308 e. The lowest BCUT2D eigenvalue weighted by Crippen LogP contribution is -2.34. The first-order valence-corrected chi connectivity index (χ1v) is 16.0. The number of imide groups is 1. The number of ether oxygens (including phenoxy) is 3. The highest BCUT2D eigenvalue weighted by Gasteiger charge is 2.25. The van der Waals surface area contributed by atoms with E-state index in [9.17, 15) is 43.8 Å². The molecule has 4 amide bonds. The van der Waals surface area contributed by atoms with Gasteiger partial charge in [-0.25, -0.2) is 0 Å². The Bertz CT molecular complexity index is 1170. The Labute approximate surface area is 272 Å². The lowest BCUT2D eigenvalue weighted by atomic mass is 10.2. The van der Waals surface area contributed by atoms with Crippen molar-refractivity contribution in [3.8, 4) is 0 Å². The molecule has 0 bridgehead atoms. The molecule has 0 radical (unpaired) electrons. The molecule has 47 heavy (non-hydrogen) atoms. The van der Waals surface area contributed by atoms with Crippen molar-refractivity contribution in [2.24, 2.45) is 0 Å². The van der Waals surface area contributed by atoms with E-state index < -0.39 is 43.3 Å². The van der Waals surface area contributed by atoms with Crippen molar-refractivity contribution in [3.05, 3.63) is 36.5 Å². The van der Waals surface area contributed by atoms with Gasteiger partial charge in [0.15, 0.2) is 6.61 Å². The molecule has 0 saturated heterocycles. The molecule has 0 aromatic rings. The summed E-state index contributed by atoms with van der Waals surface area (Å²) in [6, 6.07) is 0. The molecular formula is C32H43N3O12. The van der Waals surface area contributed by atoms with Crippen LogP contribution >= 0.6 is 0 Å². The van der Waals surface area contributed by atoms with Gasteiger partial charge >= 0.3 is 17.9 Å². The average molecular weight is 662 g/mol. The number of aliphatic hydroxyl groups is 2. The van der Waals surface area contributed by atoms with Gasteiger partial charge in [0.05, 0.1) is 0 Å². The standard InChI is InChI=1S/C32H43N3O12/c36-23-13-14-24(37)33(23)19-7-1-4-10-29(42)45-22-32(46-30(43)11-5-2-8-20-34-25(38)15-16-26(34)39)47-31(44)12-6-3-9-21-35-27(40)17-18-28(35)41/h13-18,25,27,32,38,40H,1-12,19-22H2. The van der Waals surface area contributed by atoms with E-state index in [0.717, 1.165) is 4.90 Å². The number of hydrogen-bond acceptors (Lipinski definition) is 12. The number of esters is 3. The lowest BCUT2D eigenvalue weighted by Gasteiger charge is -2.20. The summed E-state index contributed by atoms with van der Waals surface area (Å²) in [7, 11) is 0. The molecule has 2 unspecified atom stereocenters. The van der Waals surface area contributed by atoms with Crippen LogP contribution < -0.4 is 0 Å². The van der Waals surface area contributed by atoms with Crippen molar-refractivity contribution < 1.29 is 58.0 Å². The predicted molar refractivity (Wildman–Crippen MR) is 162 cm³/mol. The summed E-state index contributed by atoms with van der Waals surface area (Å²) in [5, 5.41) is 19.5. The maximum atomic E-state index is 12.5. The summed E-state index contributed by atoms with van der Waals surface area (Å²) in [6.45, 7) is 0.410. The van der Waals surface area contributed by atoms with Crippen molar-refractivity contribution in [2.75, 3.05) is 26.2 Å². The number of hydrogen-bond donors (Lipinski definition) is 2. The number of aliphatic hydroxyl groups excluding tert-OH is 2. The zero-order chi connectivity index (χ0) is 34.2. The van der Waals surface area contributed by atoms with Crippen LogP contribution in [0, 0.1) is 0 Å². The fraction of sp³-hybridized carbons (Fsp3) is 0.594. The zero-order valence-electron chi connectivity index (χ0n) is 26.3. The Kier molecular flexibility index (Phi) is 15.3. The maximum absolute atomic E-state index is 12.5. The van der Waals surface area contributed by atoms with Crippen LogP contribution in [0.15, 0.2) is 36.5 Å². The first kappa shape index (κ1) is 37.1. The van der Waals surface area contributed by atoms with Crippen LogP contribution in [0.1, 0.15) is 77.0 Å². The third kappa shape index (κ3) is 12.7. The average Bonchev–Trinajstić information content (AvgIpc) is 3.65. The Morgan fingerprint density at radius 3 is 1.43 bits per heavy atom. The molecule has 3 heterocycles. The molecule has 0 spiro atoms. The van der Waals surface area contributed by atoms with Gasteiger partial charge in [-0.1, -0.05) is 19.3 Å². The first-order valence-electron chi connectivity index (χ1n) is 16.0. The maximum Gasteiger partial charge on any atom is 0.308 e. The highest BCUT2D eigenvalue weighted by atomic mass is 16.7. The van der Waals surface area contributed by atoms with Gasteiger partial charge < -0.3 is 34.2 Å². The molecule has 0 saturated carbocycles. The van der Waals surface area contributed by atoms with E-state index in [0.29, 0.717) is 70.9 Å². The molecule has 0 aliphatic carbocycles. The number of carbonyl (C=O) groups excluding carboxylic acids is 7. The van der Waals surface area contributed by atoms with E-state index in [1.165, 1.54) is 46.3 Å². The Balaban J connectivity index is 1.36.